The van der Waals surface area contributed by atoms with Gasteiger partial charge in [-0.15, -0.1) is 0 Å². The fourth-order valence-corrected chi connectivity index (χ4v) is 1.59. The van der Waals surface area contributed by atoms with Gasteiger partial charge in [-0.05, 0) is 19.9 Å². The summed E-state index contributed by atoms with van der Waals surface area (Å²) in [5.41, 5.74) is -0.571. The van der Waals surface area contributed by atoms with Crippen molar-refractivity contribution in [3.05, 3.63) is 27.3 Å². The van der Waals surface area contributed by atoms with Gasteiger partial charge in [0.05, 0.1) is 4.92 Å². The Hall–Kier alpha value is -2.44. The summed E-state index contributed by atoms with van der Waals surface area (Å²) in [6, 6.07) is 1.19. The molecule has 0 bridgehead atoms. The molecule has 1 amide bonds. The van der Waals surface area contributed by atoms with Gasteiger partial charge in [0.2, 0.25) is 5.91 Å². The topological polar surface area (TPSA) is 110 Å². The molecule has 0 atom stereocenters. The van der Waals surface area contributed by atoms with Crippen LogP contribution < -0.4 is 5.32 Å². The molecule has 0 aliphatic heterocycles. The van der Waals surface area contributed by atoms with E-state index in [9.17, 15) is 24.8 Å². The highest BCUT2D eigenvalue weighted by molar-refractivity contribution is 6.01. The monoisotopic (exact) mass is 252 g/mol. The van der Waals surface area contributed by atoms with Crippen LogP contribution in [0.5, 0.6) is 5.75 Å². The SMILES string of the molecule is CC(=O)Nc1cc(C(C)=O)c(C)c(O)c1[N+](=O)[O-]. The van der Waals surface area contributed by atoms with Crippen molar-refractivity contribution in [2.45, 2.75) is 20.8 Å². The van der Waals surface area contributed by atoms with Crippen LogP contribution >= 0.6 is 0 Å². The van der Waals surface area contributed by atoms with E-state index >= 15 is 0 Å². The summed E-state index contributed by atoms with van der Waals surface area (Å²) in [6.07, 6.45) is 0. The number of phenolic OH excluding ortho intramolecular Hbond substituents is 1. The van der Waals surface area contributed by atoms with Crippen LogP contribution in [0.4, 0.5) is 11.4 Å². The zero-order valence-electron chi connectivity index (χ0n) is 10.1. The van der Waals surface area contributed by atoms with Gasteiger partial charge in [0, 0.05) is 18.1 Å². The Morgan fingerprint density at radius 2 is 1.94 bits per heavy atom. The van der Waals surface area contributed by atoms with Crippen molar-refractivity contribution in [1.82, 2.24) is 0 Å². The maximum atomic E-state index is 11.3. The first-order chi connectivity index (χ1) is 8.25. The molecule has 18 heavy (non-hydrogen) atoms. The number of amides is 1. The molecule has 96 valence electrons. The van der Waals surface area contributed by atoms with Crippen LogP contribution in [-0.2, 0) is 4.79 Å². The Bertz CT molecular complexity index is 551. The first-order valence-corrected chi connectivity index (χ1v) is 5.05. The van der Waals surface area contributed by atoms with Crippen molar-refractivity contribution in [3.63, 3.8) is 0 Å². The van der Waals surface area contributed by atoms with Gasteiger partial charge in [-0.1, -0.05) is 0 Å². The lowest BCUT2D eigenvalue weighted by molar-refractivity contribution is -0.385. The van der Waals surface area contributed by atoms with Crippen LogP contribution in [0, 0.1) is 17.0 Å². The first-order valence-electron chi connectivity index (χ1n) is 5.05. The second-order valence-corrected chi connectivity index (χ2v) is 3.79. The highest BCUT2D eigenvalue weighted by Gasteiger charge is 2.26. The van der Waals surface area contributed by atoms with Crippen LogP contribution in [0.2, 0.25) is 0 Å². The lowest BCUT2D eigenvalue weighted by Crippen LogP contribution is -2.10. The number of ketones is 1. The third-order valence-corrected chi connectivity index (χ3v) is 2.40. The minimum atomic E-state index is -0.808. The van der Waals surface area contributed by atoms with E-state index in [1.54, 1.807) is 0 Å². The summed E-state index contributed by atoms with van der Waals surface area (Å²) < 4.78 is 0. The van der Waals surface area contributed by atoms with Crippen molar-refractivity contribution in [2.24, 2.45) is 0 Å². The Kier molecular flexibility index (Phi) is 3.65. The smallest absolute Gasteiger partial charge is 0.334 e. The van der Waals surface area contributed by atoms with Gasteiger partial charge in [-0.3, -0.25) is 19.7 Å². The molecule has 0 aromatic heterocycles. The standard InChI is InChI=1S/C11H12N2O5/c1-5-8(6(2)14)4-9(12-7(3)15)10(11(5)16)13(17)18/h4,16H,1-3H3,(H,12,15). The Morgan fingerprint density at radius 3 is 2.33 bits per heavy atom. The largest absolute Gasteiger partial charge is 0.502 e. The number of nitrogens with one attached hydrogen (secondary N) is 1. The summed E-state index contributed by atoms with van der Waals surface area (Å²) in [4.78, 5) is 32.4. The minimum Gasteiger partial charge on any atom is -0.502 e. The average Bonchev–Trinajstić information content (AvgIpc) is 2.21. The summed E-state index contributed by atoms with van der Waals surface area (Å²) in [6.45, 7) is 3.84. The number of nitro benzene ring substituents is 1. The lowest BCUT2D eigenvalue weighted by Gasteiger charge is -2.10. The van der Waals surface area contributed by atoms with Gasteiger partial charge in [0.15, 0.2) is 11.5 Å². The molecule has 0 saturated carbocycles. The molecule has 1 rings (SSSR count). The number of carbonyl (C=O) groups excluding carboxylic acids is 2. The number of carbonyl (C=O) groups is 2. The van der Waals surface area contributed by atoms with Gasteiger partial charge in [0.1, 0.15) is 5.69 Å². The number of phenols is 1. The molecule has 7 nitrogen and oxygen atoms in total. The van der Waals surface area contributed by atoms with E-state index < -0.39 is 22.3 Å². The second-order valence-electron chi connectivity index (χ2n) is 3.79. The maximum Gasteiger partial charge on any atom is 0.334 e. The van der Waals surface area contributed by atoms with Crippen LogP contribution in [0.25, 0.3) is 0 Å². The average molecular weight is 252 g/mol. The number of aromatic hydroxyl groups is 1. The van der Waals surface area contributed by atoms with Crippen LogP contribution in [0.1, 0.15) is 29.8 Å². The zero-order chi connectivity index (χ0) is 14.0. The number of hydrogen-bond acceptors (Lipinski definition) is 5. The molecule has 0 fully saturated rings. The number of anilines is 1. The molecule has 0 aliphatic carbocycles. The molecule has 2 N–H and O–H groups in total. The van der Waals surface area contributed by atoms with E-state index in [-0.39, 0.29) is 22.6 Å². The quantitative estimate of drug-likeness (QED) is 0.484. The van der Waals surface area contributed by atoms with Crippen LogP contribution in [-0.4, -0.2) is 21.7 Å². The molecule has 1 aromatic carbocycles. The fourth-order valence-electron chi connectivity index (χ4n) is 1.59. The van der Waals surface area contributed by atoms with E-state index in [0.717, 1.165) is 0 Å². The van der Waals surface area contributed by atoms with E-state index in [1.165, 1.54) is 26.8 Å². The van der Waals surface area contributed by atoms with Crippen molar-refractivity contribution >= 4 is 23.1 Å². The Balaban J connectivity index is 3.60. The lowest BCUT2D eigenvalue weighted by atomic mass is 10.0. The van der Waals surface area contributed by atoms with Crippen molar-refractivity contribution in [1.29, 1.82) is 0 Å². The number of benzene rings is 1. The van der Waals surface area contributed by atoms with E-state index in [2.05, 4.69) is 5.32 Å². The molecule has 1 aromatic rings. The number of rotatable bonds is 3. The molecular weight excluding hydrogens is 240 g/mol. The zero-order valence-corrected chi connectivity index (χ0v) is 10.1. The molecule has 0 radical (unpaired) electrons. The summed E-state index contributed by atoms with van der Waals surface area (Å²) in [5, 5.41) is 22.8. The molecule has 0 unspecified atom stereocenters. The molecule has 0 heterocycles. The highest BCUT2D eigenvalue weighted by atomic mass is 16.6. The summed E-state index contributed by atoms with van der Waals surface area (Å²) in [5.74, 6) is -1.50. The van der Waals surface area contributed by atoms with Crippen molar-refractivity contribution in [3.8, 4) is 5.75 Å². The van der Waals surface area contributed by atoms with Crippen molar-refractivity contribution in [2.75, 3.05) is 5.32 Å². The molecule has 0 spiro atoms. The van der Waals surface area contributed by atoms with Gasteiger partial charge in [-0.2, -0.15) is 0 Å². The Morgan fingerprint density at radius 1 is 1.39 bits per heavy atom. The van der Waals surface area contributed by atoms with Crippen LogP contribution in [0.3, 0.4) is 0 Å². The molecule has 0 aliphatic rings. The highest BCUT2D eigenvalue weighted by Crippen LogP contribution is 2.39. The predicted molar refractivity (Wildman–Crippen MR) is 63.8 cm³/mol. The molecular formula is C11H12N2O5. The first kappa shape index (κ1) is 13.6. The number of Topliss-reactive ketones (excluding diaryl/α,β-unsaturated/α-hetero) is 1. The predicted octanol–water partition coefficient (Wildman–Crippen LogP) is 1.77. The molecule has 7 heteroatoms. The van der Waals surface area contributed by atoms with E-state index in [0.29, 0.717) is 0 Å². The summed E-state index contributed by atoms with van der Waals surface area (Å²) >= 11 is 0. The number of nitro groups is 1. The maximum absolute atomic E-state index is 11.3. The van der Waals surface area contributed by atoms with E-state index in [4.69, 9.17) is 0 Å². The normalized spacial score (nSPS) is 9.94. The third-order valence-electron chi connectivity index (χ3n) is 2.40. The number of nitrogens with zero attached hydrogens (tertiary/aromatic N) is 1. The second kappa shape index (κ2) is 4.82. The van der Waals surface area contributed by atoms with Gasteiger partial charge in [0.25, 0.3) is 0 Å². The van der Waals surface area contributed by atoms with E-state index in [1.807, 2.05) is 0 Å². The number of hydrogen-bond donors (Lipinski definition) is 2. The van der Waals surface area contributed by atoms with Gasteiger partial charge >= 0.3 is 5.69 Å². The third kappa shape index (κ3) is 2.45. The summed E-state index contributed by atoms with van der Waals surface area (Å²) in [7, 11) is 0. The Labute approximate surface area is 103 Å². The van der Waals surface area contributed by atoms with Gasteiger partial charge < -0.3 is 10.4 Å². The van der Waals surface area contributed by atoms with Gasteiger partial charge in [-0.25, -0.2) is 0 Å². The minimum absolute atomic E-state index is 0.114. The van der Waals surface area contributed by atoms with Crippen molar-refractivity contribution < 1.29 is 19.6 Å². The van der Waals surface area contributed by atoms with Crippen LogP contribution in [0.15, 0.2) is 6.07 Å². The molecule has 0 saturated heterocycles. The fraction of sp³-hybridized carbons (Fsp3) is 0.273.